The molecule has 130 valence electrons. The monoisotopic (exact) mass is 345 g/mol. The normalized spacial score (nSPS) is 12.7. The van der Waals surface area contributed by atoms with Crippen molar-refractivity contribution in [2.45, 2.75) is 38.6 Å². The second-order valence-electron chi connectivity index (χ2n) is 5.54. The largest absolute Gasteiger partial charge is 0.354 e. The zero-order valence-corrected chi connectivity index (χ0v) is 14.3. The van der Waals surface area contributed by atoms with Gasteiger partial charge in [0, 0.05) is 18.7 Å². The van der Waals surface area contributed by atoms with Gasteiger partial charge in [-0.05, 0) is 38.0 Å². The van der Waals surface area contributed by atoms with Gasteiger partial charge in [0.15, 0.2) is 0 Å². The summed E-state index contributed by atoms with van der Waals surface area (Å²) < 4.78 is 13.0. The van der Waals surface area contributed by atoms with E-state index in [1.54, 1.807) is 13.0 Å². The van der Waals surface area contributed by atoms with E-state index in [1.807, 2.05) is 6.92 Å². The number of carbonyl (C=O) groups excluding carboxylic acids is 2. The lowest BCUT2D eigenvalue weighted by Crippen LogP contribution is -2.51. The summed E-state index contributed by atoms with van der Waals surface area (Å²) in [6.07, 6.45) is 2.04. The third-order valence-electron chi connectivity index (χ3n) is 3.30. The Morgan fingerprint density at radius 3 is 2.52 bits per heavy atom. The van der Waals surface area contributed by atoms with Gasteiger partial charge in [-0.3, -0.25) is 9.59 Å². The molecule has 0 aromatic heterocycles. The van der Waals surface area contributed by atoms with Crippen molar-refractivity contribution in [3.05, 3.63) is 35.6 Å². The summed E-state index contributed by atoms with van der Waals surface area (Å²) in [5.41, 5.74) is 5.32. The molecule has 23 heavy (non-hydrogen) atoms. The molecule has 0 heterocycles. The van der Waals surface area contributed by atoms with Gasteiger partial charge in [-0.25, -0.2) is 4.39 Å². The van der Waals surface area contributed by atoms with Crippen LogP contribution >= 0.6 is 12.4 Å². The van der Waals surface area contributed by atoms with E-state index in [0.717, 1.165) is 6.42 Å². The number of benzene rings is 1. The maximum Gasteiger partial charge on any atom is 0.251 e. The molecule has 2 amide bonds. The predicted molar refractivity (Wildman–Crippen MR) is 91.1 cm³/mol. The Balaban J connectivity index is 0.00000484. The average molecular weight is 346 g/mol. The van der Waals surface area contributed by atoms with E-state index in [9.17, 15) is 14.0 Å². The first-order chi connectivity index (χ1) is 10.4. The van der Waals surface area contributed by atoms with Crippen molar-refractivity contribution in [2.75, 3.05) is 13.1 Å². The van der Waals surface area contributed by atoms with Crippen LogP contribution in [0.5, 0.6) is 0 Å². The van der Waals surface area contributed by atoms with Gasteiger partial charge in [-0.15, -0.1) is 12.4 Å². The molecular weight excluding hydrogens is 321 g/mol. The Kier molecular flexibility index (Phi) is 9.44. The van der Waals surface area contributed by atoms with Crippen LogP contribution < -0.4 is 16.4 Å². The average Bonchev–Trinajstić information content (AvgIpc) is 2.46. The first-order valence-corrected chi connectivity index (χ1v) is 7.48. The van der Waals surface area contributed by atoms with Gasteiger partial charge in [0.05, 0.1) is 5.54 Å². The Hall–Kier alpha value is -1.66. The molecule has 1 aromatic rings. The number of carbonyl (C=O) groups is 2. The molecule has 0 radical (unpaired) electrons. The van der Waals surface area contributed by atoms with Crippen LogP contribution in [0, 0.1) is 5.82 Å². The highest BCUT2D eigenvalue weighted by molar-refractivity contribution is 5.94. The van der Waals surface area contributed by atoms with Crippen molar-refractivity contribution >= 4 is 24.2 Å². The lowest BCUT2D eigenvalue weighted by molar-refractivity contribution is -0.126. The van der Waals surface area contributed by atoms with Gasteiger partial charge in [-0.1, -0.05) is 19.4 Å². The topological polar surface area (TPSA) is 84.2 Å². The second-order valence-corrected chi connectivity index (χ2v) is 5.54. The molecular formula is C16H25ClFN3O2. The van der Waals surface area contributed by atoms with E-state index in [1.165, 1.54) is 18.2 Å². The third-order valence-corrected chi connectivity index (χ3v) is 3.30. The Morgan fingerprint density at radius 2 is 1.91 bits per heavy atom. The number of hydrogen-bond donors (Lipinski definition) is 3. The lowest BCUT2D eigenvalue weighted by Gasteiger charge is -2.22. The van der Waals surface area contributed by atoms with Crippen molar-refractivity contribution < 1.29 is 14.0 Å². The minimum atomic E-state index is -0.862. The van der Waals surface area contributed by atoms with Crippen LogP contribution in [0.2, 0.25) is 0 Å². The fraction of sp³-hybridized carbons (Fsp3) is 0.500. The highest BCUT2D eigenvalue weighted by Gasteiger charge is 2.26. The van der Waals surface area contributed by atoms with E-state index >= 15 is 0 Å². The van der Waals surface area contributed by atoms with Crippen molar-refractivity contribution in [3.63, 3.8) is 0 Å². The first-order valence-electron chi connectivity index (χ1n) is 7.48. The molecule has 0 fully saturated rings. The minimum Gasteiger partial charge on any atom is -0.354 e. The Morgan fingerprint density at radius 1 is 1.26 bits per heavy atom. The van der Waals surface area contributed by atoms with E-state index in [-0.39, 0.29) is 29.8 Å². The van der Waals surface area contributed by atoms with Gasteiger partial charge in [0.2, 0.25) is 5.91 Å². The molecule has 4 N–H and O–H groups in total. The lowest BCUT2D eigenvalue weighted by atomic mass is 9.96. The summed E-state index contributed by atoms with van der Waals surface area (Å²) in [5.74, 6) is -0.968. The fourth-order valence-electron chi connectivity index (χ4n) is 2.06. The van der Waals surface area contributed by atoms with Crippen LogP contribution in [0.3, 0.4) is 0 Å². The maximum absolute atomic E-state index is 13.0. The summed E-state index contributed by atoms with van der Waals surface area (Å²) in [6, 6.07) is 5.50. The predicted octanol–water partition coefficient (Wildman–Crippen LogP) is 2.00. The summed E-state index contributed by atoms with van der Waals surface area (Å²) in [5, 5.41) is 5.43. The molecule has 1 atom stereocenters. The molecule has 1 aromatic carbocycles. The summed E-state index contributed by atoms with van der Waals surface area (Å²) in [7, 11) is 0. The first kappa shape index (κ1) is 21.3. The van der Waals surface area contributed by atoms with Crippen molar-refractivity contribution in [3.8, 4) is 0 Å². The van der Waals surface area contributed by atoms with Crippen LogP contribution in [0.25, 0.3) is 0 Å². The molecule has 0 saturated heterocycles. The molecule has 5 nitrogen and oxygen atoms in total. The molecule has 0 spiro atoms. The molecule has 0 aliphatic rings. The number of hydrogen-bond acceptors (Lipinski definition) is 3. The van der Waals surface area contributed by atoms with Crippen LogP contribution in [-0.2, 0) is 4.79 Å². The highest BCUT2D eigenvalue weighted by atomic mass is 35.5. The SMILES string of the molecule is CCCC(C)(N)C(=O)NCCCNC(=O)c1cccc(F)c1.Cl. The Bertz CT molecular complexity index is 524. The summed E-state index contributed by atoms with van der Waals surface area (Å²) in [6.45, 7) is 4.50. The van der Waals surface area contributed by atoms with Crippen molar-refractivity contribution in [1.29, 1.82) is 0 Å². The van der Waals surface area contributed by atoms with Gasteiger partial charge >= 0.3 is 0 Å². The molecule has 0 saturated carbocycles. The summed E-state index contributed by atoms with van der Waals surface area (Å²) >= 11 is 0. The van der Waals surface area contributed by atoms with Crippen LogP contribution in [0.15, 0.2) is 24.3 Å². The molecule has 0 aliphatic carbocycles. The summed E-state index contributed by atoms with van der Waals surface area (Å²) in [4.78, 5) is 23.6. The second kappa shape index (κ2) is 10.2. The molecule has 1 unspecified atom stereocenters. The quantitative estimate of drug-likeness (QED) is 0.630. The van der Waals surface area contributed by atoms with Crippen LogP contribution in [0.1, 0.15) is 43.5 Å². The highest BCUT2D eigenvalue weighted by Crippen LogP contribution is 2.08. The standard InChI is InChI=1S/C16H24FN3O2.ClH/c1-3-8-16(2,18)15(22)20-10-5-9-19-14(21)12-6-4-7-13(17)11-12;/h4,6-7,11H,3,5,8-10,18H2,1-2H3,(H,19,21)(H,20,22);1H. The number of rotatable bonds is 8. The van der Waals surface area contributed by atoms with Crippen molar-refractivity contribution in [1.82, 2.24) is 10.6 Å². The fourth-order valence-corrected chi connectivity index (χ4v) is 2.06. The van der Waals surface area contributed by atoms with E-state index in [4.69, 9.17) is 5.73 Å². The van der Waals surface area contributed by atoms with Gasteiger partial charge in [-0.2, -0.15) is 0 Å². The molecule has 1 rings (SSSR count). The molecule has 7 heteroatoms. The number of amides is 2. The Labute approximate surface area is 142 Å². The van der Waals surface area contributed by atoms with Crippen LogP contribution in [0.4, 0.5) is 4.39 Å². The third kappa shape index (κ3) is 7.43. The molecule has 0 bridgehead atoms. The van der Waals surface area contributed by atoms with Crippen molar-refractivity contribution in [2.24, 2.45) is 5.73 Å². The van der Waals surface area contributed by atoms with Gasteiger partial charge in [0.1, 0.15) is 5.82 Å². The van der Waals surface area contributed by atoms with E-state index in [0.29, 0.717) is 25.9 Å². The van der Waals surface area contributed by atoms with Crippen LogP contribution in [-0.4, -0.2) is 30.4 Å². The smallest absolute Gasteiger partial charge is 0.251 e. The number of nitrogens with two attached hydrogens (primary N) is 1. The van der Waals surface area contributed by atoms with E-state index < -0.39 is 11.4 Å². The number of nitrogens with one attached hydrogen (secondary N) is 2. The number of halogens is 2. The minimum absolute atomic E-state index is 0. The maximum atomic E-state index is 13.0. The van der Waals surface area contributed by atoms with Gasteiger partial charge < -0.3 is 16.4 Å². The zero-order chi connectivity index (χ0) is 16.6. The zero-order valence-electron chi connectivity index (χ0n) is 13.5. The molecule has 0 aliphatic heterocycles. The van der Waals surface area contributed by atoms with Gasteiger partial charge in [0.25, 0.3) is 5.91 Å². The van der Waals surface area contributed by atoms with E-state index in [2.05, 4.69) is 10.6 Å².